The molecule has 4 heteroatoms. The van der Waals surface area contributed by atoms with E-state index in [1.54, 1.807) is 0 Å². The summed E-state index contributed by atoms with van der Waals surface area (Å²) in [6, 6.07) is 0. The maximum Gasteiger partial charge on any atom is 0.240 e. The standard InChI is InChI=1S/C13H27N3O/c1-3-9-16(10-4-2)11-5-8-15-12(17)13(14)6-7-13/h3-11,14H2,1-2H3,(H,15,17). The van der Waals surface area contributed by atoms with Crippen molar-refractivity contribution in [2.45, 2.75) is 51.5 Å². The molecule has 0 heterocycles. The maximum absolute atomic E-state index is 11.6. The minimum Gasteiger partial charge on any atom is -0.354 e. The summed E-state index contributed by atoms with van der Waals surface area (Å²) in [5.74, 6) is 0.0371. The van der Waals surface area contributed by atoms with Crippen LogP contribution in [0.15, 0.2) is 0 Å². The zero-order chi connectivity index (χ0) is 12.7. The Morgan fingerprint density at radius 3 is 2.29 bits per heavy atom. The number of rotatable bonds is 9. The van der Waals surface area contributed by atoms with Crippen molar-refractivity contribution in [3.8, 4) is 0 Å². The number of carbonyl (C=O) groups is 1. The molecular formula is C13H27N3O. The Kier molecular flexibility index (Phi) is 5.92. The van der Waals surface area contributed by atoms with E-state index in [0.717, 1.165) is 45.4 Å². The zero-order valence-corrected chi connectivity index (χ0v) is 11.3. The minimum atomic E-state index is -0.521. The first-order valence-electron chi connectivity index (χ1n) is 6.92. The molecule has 0 radical (unpaired) electrons. The van der Waals surface area contributed by atoms with Gasteiger partial charge in [-0.05, 0) is 51.7 Å². The van der Waals surface area contributed by atoms with Gasteiger partial charge in [0.25, 0.3) is 0 Å². The van der Waals surface area contributed by atoms with Gasteiger partial charge >= 0.3 is 0 Å². The van der Waals surface area contributed by atoms with Gasteiger partial charge in [-0.25, -0.2) is 0 Å². The average molecular weight is 241 g/mol. The molecule has 0 atom stereocenters. The molecule has 1 amide bonds. The predicted molar refractivity (Wildman–Crippen MR) is 70.8 cm³/mol. The van der Waals surface area contributed by atoms with Crippen LogP contribution in [-0.4, -0.2) is 42.5 Å². The number of carbonyl (C=O) groups excluding carboxylic acids is 1. The number of hydrogen-bond acceptors (Lipinski definition) is 3. The Bertz CT molecular complexity index is 233. The zero-order valence-electron chi connectivity index (χ0n) is 11.3. The highest BCUT2D eigenvalue weighted by Crippen LogP contribution is 2.31. The van der Waals surface area contributed by atoms with E-state index in [9.17, 15) is 4.79 Å². The first-order chi connectivity index (χ1) is 8.12. The lowest BCUT2D eigenvalue weighted by atomic mass is 10.2. The Hall–Kier alpha value is -0.610. The molecule has 1 saturated carbocycles. The molecule has 0 aromatic rings. The van der Waals surface area contributed by atoms with Crippen molar-refractivity contribution < 1.29 is 4.79 Å². The molecule has 1 fully saturated rings. The molecule has 17 heavy (non-hydrogen) atoms. The number of hydrogen-bond donors (Lipinski definition) is 2. The summed E-state index contributed by atoms with van der Waals surface area (Å²) in [5.41, 5.74) is 5.28. The van der Waals surface area contributed by atoms with Crippen molar-refractivity contribution in [2.75, 3.05) is 26.2 Å². The van der Waals surface area contributed by atoms with Gasteiger partial charge in [0.05, 0.1) is 5.54 Å². The van der Waals surface area contributed by atoms with Gasteiger partial charge in [-0.15, -0.1) is 0 Å². The first kappa shape index (κ1) is 14.5. The van der Waals surface area contributed by atoms with Crippen molar-refractivity contribution >= 4 is 5.91 Å². The van der Waals surface area contributed by atoms with Gasteiger partial charge in [0.1, 0.15) is 0 Å². The van der Waals surface area contributed by atoms with Crippen molar-refractivity contribution in [1.29, 1.82) is 0 Å². The second-order valence-corrected chi connectivity index (χ2v) is 5.11. The Balaban J connectivity index is 2.07. The van der Waals surface area contributed by atoms with E-state index < -0.39 is 5.54 Å². The molecule has 0 aromatic carbocycles. The molecule has 4 nitrogen and oxygen atoms in total. The third-order valence-electron chi connectivity index (χ3n) is 3.26. The van der Waals surface area contributed by atoms with E-state index in [1.807, 2.05) is 0 Å². The number of amides is 1. The summed E-state index contributed by atoms with van der Waals surface area (Å²) >= 11 is 0. The van der Waals surface area contributed by atoms with Gasteiger partial charge in [0.2, 0.25) is 5.91 Å². The van der Waals surface area contributed by atoms with Gasteiger partial charge in [-0.3, -0.25) is 4.79 Å². The van der Waals surface area contributed by atoms with Crippen LogP contribution in [0, 0.1) is 0 Å². The molecular weight excluding hydrogens is 214 g/mol. The molecule has 3 N–H and O–H groups in total. The van der Waals surface area contributed by atoms with Crippen molar-refractivity contribution in [3.63, 3.8) is 0 Å². The fraction of sp³-hybridized carbons (Fsp3) is 0.923. The minimum absolute atomic E-state index is 0.0371. The van der Waals surface area contributed by atoms with Crippen LogP contribution in [-0.2, 0) is 4.79 Å². The third kappa shape index (κ3) is 5.04. The molecule has 0 bridgehead atoms. The fourth-order valence-electron chi connectivity index (χ4n) is 2.01. The fourth-order valence-corrected chi connectivity index (χ4v) is 2.01. The largest absolute Gasteiger partial charge is 0.354 e. The lowest BCUT2D eigenvalue weighted by molar-refractivity contribution is -0.123. The highest BCUT2D eigenvalue weighted by molar-refractivity contribution is 5.88. The molecule has 1 aliphatic rings. The molecule has 0 spiro atoms. The topological polar surface area (TPSA) is 58.4 Å². The van der Waals surface area contributed by atoms with Crippen molar-refractivity contribution in [2.24, 2.45) is 5.73 Å². The molecule has 0 aliphatic heterocycles. The van der Waals surface area contributed by atoms with Crippen molar-refractivity contribution in [1.82, 2.24) is 10.2 Å². The van der Waals surface area contributed by atoms with Gasteiger partial charge in [-0.2, -0.15) is 0 Å². The number of nitrogens with one attached hydrogen (secondary N) is 1. The molecule has 0 unspecified atom stereocenters. The van der Waals surface area contributed by atoms with Crippen LogP contribution in [0.4, 0.5) is 0 Å². The third-order valence-corrected chi connectivity index (χ3v) is 3.26. The van der Waals surface area contributed by atoms with E-state index in [0.29, 0.717) is 0 Å². The summed E-state index contributed by atoms with van der Waals surface area (Å²) < 4.78 is 0. The van der Waals surface area contributed by atoms with E-state index in [-0.39, 0.29) is 5.91 Å². The molecule has 1 rings (SSSR count). The Morgan fingerprint density at radius 2 is 1.82 bits per heavy atom. The van der Waals surface area contributed by atoms with Crippen LogP contribution in [0.25, 0.3) is 0 Å². The second-order valence-electron chi connectivity index (χ2n) is 5.11. The van der Waals surface area contributed by atoms with Crippen LogP contribution >= 0.6 is 0 Å². The Labute approximate surface area is 105 Å². The highest BCUT2D eigenvalue weighted by atomic mass is 16.2. The van der Waals surface area contributed by atoms with Crippen LogP contribution < -0.4 is 11.1 Å². The van der Waals surface area contributed by atoms with Gasteiger partial charge < -0.3 is 16.0 Å². The highest BCUT2D eigenvalue weighted by Gasteiger charge is 2.45. The predicted octanol–water partition coefficient (Wildman–Crippen LogP) is 1.11. The average Bonchev–Trinajstić information content (AvgIpc) is 3.04. The first-order valence-corrected chi connectivity index (χ1v) is 6.92. The molecule has 100 valence electrons. The van der Waals surface area contributed by atoms with E-state index in [2.05, 4.69) is 24.1 Å². The molecule has 0 saturated heterocycles. The van der Waals surface area contributed by atoms with E-state index in [4.69, 9.17) is 5.73 Å². The van der Waals surface area contributed by atoms with Gasteiger partial charge in [0, 0.05) is 6.54 Å². The smallest absolute Gasteiger partial charge is 0.240 e. The van der Waals surface area contributed by atoms with Gasteiger partial charge in [0.15, 0.2) is 0 Å². The second kappa shape index (κ2) is 6.97. The van der Waals surface area contributed by atoms with Crippen LogP contribution in [0.1, 0.15) is 46.0 Å². The molecule has 0 aromatic heterocycles. The summed E-state index contributed by atoms with van der Waals surface area (Å²) in [7, 11) is 0. The summed E-state index contributed by atoms with van der Waals surface area (Å²) in [6.07, 6.45) is 5.09. The number of nitrogens with two attached hydrogens (primary N) is 1. The summed E-state index contributed by atoms with van der Waals surface area (Å²) in [4.78, 5) is 14.0. The lowest BCUT2D eigenvalue weighted by Gasteiger charge is -2.21. The summed E-state index contributed by atoms with van der Waals surface area (Å²) in [6.45, 7) is 8.54. The van der Waals surface area contributed by atoms with Crippen LogP contribution in [0.3, 0.4) is 0 Å². The lowest BCUT2D eigenvalue weighted by Crippen LogP contribution is -2.43. The monoisotopic (exact) mass is 241 g/mol. The summed E-state index contributed by atoms with van der Waals surface area (Å²) in [5, 5.41) is 2.93. The van der Waals surface area contributed by atoms with Crippen LogP contribution in [0.5, 0.6) is 0 Å². The molecule has 1 aliphatic carbocycles. The van der Waals surface area contributed by atoms with Gasteiger partial charge in [-0.1, -0.05) is 13.8 Å². The number of nitrogens with zero attached hydrogens (tertiary/aromatic N) is 1. The van der Waals surface area contributed by atoms with Crippen molar-refractivity contribution in [3.05, 3.63) is 0 Å². The normalized spacial score (nSPS) is 17.2. The van der Waals surface area contributed by atoms with E-state index in [1.165, 1.54) is 12.8 Å². The quantitative estimate of drug-likeness (QED) is 0.594. The maximum atomic E-state index is 11.6. The Morgan fingerprint density at radius 1 is 1.24 bits per heavy atom. The van der Waals surface area contributed by atoms with Crippen LogP contribution in [0.2, 0.25) is 0 Å². The SMILES string of the molecule is CCCN(CCC)CCCNC(=O)C1(N)CC1. The van der Waals surface area contributed by atoms with E-state index >= 15 is 0 Å².